The van der Waals surface area contributed by atoms with E-state index in [-0.39, 0.29) is 11.3 Å². The van der Waals surface area contributed by atoms with Crippen molar-refractivity contribution < 1.29 is 14.3 Å². The van der Waals surface area contributed by atoms with Crippen LogP contribution in [0.15, 0.2) is 48.5 Å². The van der Waals surface area contributed by atoms with Gasteiger partial charge in [-0.3, -0.25) is 4.79 Å². The van der Waals surface area contributed by atoms with Gasteiger partial charge in [0.15, 0.2) is 6.10 Å². The second-order valence-corrected chi connectivity index (χ2v) is 6.76. The molecule has 0 saturated heterocycles. The molecule has 0 unspecified atom stereocenters. The van der Waals surface area contributed by atoms with Crippen molar-refractivity contribution in [2.24, 2.45) is 0 Å². The van der Waals surface area contributed by atoms with Crippen LogP contribution in [0.4, 0.5) is 5.69 Å². The van der Waals surface area contributed by atoms with Crippen molar-refractivity contribution in [2.45, 2.75) is 39.2 Å². The van der Waals surface area contributed by atoms with Gasteiger partial charge in [-0.15, -0.1) is 0 Å². The van der Waals surface area contributed by atoms with Gasteiger partial charge in [0.05, 0.1) is 7.11 Å². The first-order valence-electron chi connectivity index (χ1n) is 8.02. The first kappa shape index (κ1) is 17.9. The Hall–Kier alpha value is -2.49. The summed E-state index contributed by atoms with van der Waals surface area (Å²) in [5, 5.41) is 2.83. The molecule has 24 heavy (non-hydrogen) atoms. The summed E-state index contributed by atoms with van der Waals surface area (Å²) in [6.07, 6.45) is -0.600. The smallest absolute Gasteiger partial charge is 0.265 e. The lowest BCUT2D eigenvalue weighted by atomic mass is 9.87. The Kier molecular flexibility index (Phi) is 5.50. The van der Waals surface area contributed by atoms with E-state index in [0.717, 1.165) is 0 Å². The summed E-state index contributed by atoms with van der Waals surface area (Å²) >= 11 is 0. The van der Waals surface area contributed by atoms with Crippen molar-refractivity contribution in [3.8, 4) is 11.5 Å². The standard InChI is InChI=1S/C20H25NO3/c1-14(19(22)21-16-7-6-8-18(13-16)23-5)24-17-11-9-15(10-12-17)20(2,3)4/h6-14H,1-5H3,(H,21,22)/t14-/m1/s1. The van der Waals surface area contributed by atoms with E-state index in [0.29, 0.717) is 17.2 Å². The van der Waals surface area contributed by atoms with Gasteiger partial charge in [0, 0.05) is 11.8 Å². The van der Waals surface area contributed by atoms with Crippen molar-refractivity contribution in [1.82, 2.24) is 0 Å². The zero-order valence-corrected chi connectivity index (χ0v) is 14.9. The molecule has 1 amide bonds. The predicted molar refractivity (Wildman–Crippen MR) is 96.9 cm³/mol. The molecular formula is C20H25NO3. The average molecular weight is 327 g/mol. The highest BCUT2D eigenvalue weighted by molar-refractivity contribution is 5.94. The quantitative estimate of drug-likeness (QED) is 0.885. The normalized spacial score (nSPS) is 12.4. The van der Waals surface area contributed by atoms with Gasteiger partial charge >= 0.3 is 0 Å². The van der Waals surface area contributed by atoms with Gasteiger partial charge in [0.1, 0.15) is 11.5 Å². The van der Waals surface area contributed by atoms with Crippen LogP contribution in [0.3, 0.4) is 0 Å². The van der Waals surface area contributed by atoms with Crippen LogP contribution in [0, 0.1) is 0 Å². The summed E-state index contributed by atoms with van der Waals surface area (Å²) < 4.78 is 10.9. The number of ether oxygens (including phenoxy) is 2. The monoisotopic (exact) mass is 327 g/mol. The van der Waals surface area contributed by atoms with Gasteiger partial charge in [0.2, 0.25) is 0 Å². The van der Waals surface area contributed by atoms with E-state index < -0.39 is 6.10 Å². The van der Waals surface area contributed by atoms with E-state index >= 15 is 0 Å². The third kappa shape index (κ3) is 4.75. The van der Waals surface area contributed by atoms with Gasteiger partial charge < -0.3 is 14.8 Å². The summed E-state index contributed by atoms with van der Waals surface area (Å²) in [6, 6.07) is 15.1. The first-order chi connectivity index (χ1) is 11.3. The molecule has 128 valence electrons. The summed E-state index contributed by atoms with van der Waals surface area (Å²) in [5.74, 6) is 1.17. The Morgan fingerprint density at radius 1 is 1.04 bits per heavy atom. The second kappa shape index (κ2) is 7.39. The zero-order chi connectivity index (χ0) is 17.7. The highest BCUT2D eigenvalue weighted by Crippen LogP contribution is 2.25. The van der Waals surface area contributed by atoms with E-state index in [1.165, 1.54) is 5.56 Å². The molecule has 0 aliphatic rings. The number of carbonyl (C=O) groups is 1. The topological polar surface area (TPSA) is 47.6 Å². The van der Waals surface area contributed by atoms with E-state index in [9.17, 15) is 4.79 Å². The van der Waals surface area contributed by atoms with E-state index in [2.05, 4.69) is 26.1 Å². The molecule has 0 aliphatic heterocycles. The molecule has 1 N–H and O–H groups in total. The van der Waals surface area contributed by atoms with Crippen LogP contribution in [0.25, 0.3) is 0 Å². The first-order valence-corrected chi connectivity index (χ1v) is 8.02. The molecule has 0 spiro atoms. The van der Waals surface area contributed by atoms with Crippen LogP contribution >= 0.6 is 0 Å². The van der Waals surface area contributed by atoms with Crippen LogP contribution in [0.1, 0.15) is 33.3 Å². The summed E-state index contributed by atoms with van der Waals surface area (Å²) in [7, 11) is 1.59. The lowest BCUT2D eigenvalue weighted by molar-refractivity contribution is -0.122. The molecule has 1 atom stereocenters. The zero-order valence-electron chi connectivity index (χ0n) is 14.9. The number of rotatable bonds is 5. The fourth-order valence-electron chi connectivity index (χ4n) is 2.24. The molecule has 2 aromatic rings. The lowest BCUT2D eigenvalue weighted by Crippen LogP contribution is -2.30. The van der Waals surface area contributed by atoms with Crippen LogP contribution in [-0.4, -0.2) is 19.1 Å². The predicted octanol–water partition coefficient (Wildman–Crippen LogP) is 4.40. The molecule has 2 rings (SSSR count). The highest BCUT2D eigenvalue weighted by atomic mass is 16.5. The molecule has 2 aromatic carbocycles. The van der Waals surface area contributed by atoms with Crippen molar-refractivity contribution in [3.05, 3.63) is 54.1 Å². The minimum Gasteiger partial charge on any atom is -0.497 e. The SMILES string of the molecule is COc1cccc(NC(=O)[C@@H](C)Oc2ccc(C(C)(C)C)cc2)c1. The van der Waals surface area contributed by atoms with Crippen molar-refractivity contribution >= 4 is 11.6 Å². The molecule has 0 bridgehead atoms. The third-order valence-electron chi connectivity index (χ3n) is 3.74. The number of anilines is 1. The summed E-state index contributed by atoms with van der Waals surface area (Å²) in [6.45, 7) is 8.21. The maximum Gasteiger partial charge on any atom is 0.265 e. The molecular weight excluding hydrogens is 302 g/mol. The van der Waals surface area contributed by atoms with Crippen LogP contribution < -0.4 is 14.8 Å². The fraction of sp³-hybridized carbons (Fsp3) is 0.350. The molecule has 0 aromatic heterocycles. The Morgan fingerprint density at radius 3 is 2.29 bits per heavy atom. The Bertz CT molecular complexity index is 687. The number of amides is 1. The van der Waals surface area contributed by atoms with E-state index in [4.69, 9.17) is 9.47 Å². The van der Waals surface area contributed by atoms with Crippen LogP contribution in [0.2, 0.25) is 0 Å². The summed E-state index contributed by atoms with van der Waals surface area (Å²) in [4.78, 5) is 12.3. The molecule has 0 radical (unpaired) electrons. The fourth-order valence-corrected chi connectivity index (χ4v) is 2.24. The van der Waals surface area contributed by atoms with Crippen LogP contribution in [0.5, 0.6) is 11.5 Å². The maximum atomic E-state index is 12.3. The second-order valence-electron chi connectivity index (χ2n) is 6.76. The van der Waals surface area contributed by atoms with Crippen molar-refractivity contribution in [1.29, 1.82) is 0 Å². The molecule has 0 heterocycles. The molecule has 4 nitrogen and oxygen atoms in total. The average Bonchev–Trinajstić information content (AvgIpc) is 2.54. The minimum absolute atomic E-state index is 0.0912. The lowest BCUT2D eigenvalue weighted by Gasteiger charge is -2.20. The van der Waals surface area contributed by atoms with Gasteiger partial charge in [-0.05, 0) is 42.2 Å². The van der Waals surface area contributed by atoms with E-state index in [1.54, 1.807) is 20.1 Å². The number of carbonyl (C=O) groups excluding carboxylic acids is 1. The number of nitrogens with one attached hydrogen (secondary N) is 1. The molecule has 4 heteroatoms. The third-order valence-corrected chi connectivity index (χ3v) is 3.74. The largest absolute Gasteiger partial charge is 0.497 e. The van der Waals surface area contributed by atoms with Gasteiger partial charge in [0.25, 0.3) is 5.91 Å². The van der Waals surface area contributed by atoms with E-state index in [1.807, 2.05) is 42.5 Å². The van der Waals surface area contributed by atoms with Crippen LogP contribution in [-0.2, 0) is 10.2 Å². The Morgan fingerprint density at radius 2 is 1.71 bits per heavy atom. The molecule has 0 saturated carbocycles. The Labute approximate surface area is 143 Å². The number of benzene rings is 2. The molecule has 0 aliphatic carbocycles. The minimum atomic E-state index is -0.600. The van der Waals surface area contributed by atoms with Crippen molar-refractivity contribution in [2.75, 3.05) is 12.4 Å². The van der Waals surface area contributed by atoms with Gasteiger partial charge in [-0.1, -0.05) is 39.0 Å². The Balaban J connectivity index is 1.98. The van der Waals surface area contributed by atoms with Gasteiger partial charge in [-0.2, -0.15) is 0 Å². The number of hydrogen-bond donors (Lipinski definition) is 1. The van der Waals surface area contributed by atoms with Gasteiger partial charge in [-0.25, -0.2) is 0 Å². The maximum absolute atomic E-state index is 12.3. The number of methoxy groups -OCH3 is 1. The highest BCUT2D eigenvalue weighted by Gasteiger charge is 2.17. The molecule has 0 fully saturated rings. The van der Waals surface area contributed by atoms with Crippen molar-refractivity contribution in [3.63, 3.8) is 0 Å². The summed E-state index contributed by atoms with van der Waals surface area (Å²) in [5.41, 5.74) is 2.00. The number of hydrogen-bond acceptors (Lipinski definition) is 3.